The average molecular weight is 228 g/mol. The molecule has 1 aromatic heterocycles. The van der Waals surface area contributed by atoms with Gasteiger partial charge < -0.3 is 4.42 Å². The van der Waals surface area contributed by atoms with Gasteiger partial charge in [-0.05, 0) is 50.5 Å². The van der Waals surface area contributed by atoms with E-state index in [1.54, 1.807) is 6.26 Å². The lowest BCUT2D eigenvalue weighted by Gasteiger charge is -2.09. The number of carbonyl (C=O) groups is 1. The summed E-state index contributed by atoms with van der Waals surface area (Å²) in [4.78, 5) is 12.4. The lowest BCUT2D eigenvalue weighted by molar-refractivity contribution is 0.101. The van der Waals surface area contributed by atoms with Crippen LogP contribution >= 0.6 is 0 Å². The molecule has 17 heavy (non-hydrogen) atoms. The molecule has 2 rings (SSSR count). The van der Waals surface area contributed by atoms with Gasteiger partial charge in [-0.25, -0.2) is 0 Å². The maximum atomic E-state index is 12.4. The normalized spacial score (nSPS) is 10.6. The Balaban J connectivity index is 2.56. The van der Waals surface area contributed by atoms with Crippen LogP contribution in [0, 0.1) is 27.7 Å². The summed E-state index contributed by atoms with van der Waals surface area (Å²) in [6, 6.07) is 5.86. The van der Waals surface area contributed by atoms with Gasteiger partial charge in [-0.15, -0.1) is 0 Å². The van der Waals surface area contributed by atoms with Gasteiger partial charge in [0.2, 0.25) is 5.78 Å². The highest BCUT2D eigenvalue weighted by Gasteiger charge is 2.19. The molecule has 0 aliphatic rings. The van der Waals surface area contributed by atoms with Crippen LogP contribution < -0.4 is 0 Å². The van der Waals surface area contributed by atoms with Crippen LogP contribution in [0.2, 0.25) is 0 Å². The zero-order valence-corrected chi connectivity index (χ0v) is 10.6. The average Bonchev–Trinajstić information content (AvgIpc) is 2.62. The highest BCUT2D eigenvalue weighted by Crippen LogP contribution is 2.22. The Morgan fingerprint density at radius 3 is 2.06 bits per heavy atom. The molecule has 1 heterocycles. The Kier molecular flexibility index (Phi) is 2.88. The molecule has 2 heteroatoms. The fourth-order valence-electron chi connectivity index (χ4n) is 2.26. The van der Waals surface area contributed by atoms with Crippen LogP contribution in [0.1, 0.15) is 38.4 Å². The summed E-state index contributed by atoms with van der Waals surface area (Å²) in [5, 5.41) is 0. The van der Waals surface area contributed by atoms with Gasteiger partial charge in [0.25, 0.3) is 0 Å². The van der Waals surface area contributed by atoms with Crippen LogP contribution in [-0.2, 0) is 0 Å². The van der Waals surface area contributed by atoms with Crippen molar-refractivity contribution in [2.24, 2.45) is 0 Å². The first-order valence-electron chi connectivity index (χ1n) is 5.67. The third-order valence-corrected chi connectivity index (χ3v) is 2.97. The molecular formula is C15H16O2. The van der Waals surface area contributed by atoms with Crippen molar-refractivity contribution < 1.29 is 9.21 Å². The number of benzene rings is 1. The van der Waals surface area contributed by atoms with Crippen LogP contribution in [0.15, 0.2) is 28.9 Å². The summed E-state index contributed by atoms with van der Waals surface area (Å²) >= 11 is 0. The second-order valence-corrected chi connectivity index (χ2v) is 4.54. The first kappa shape index (κ1) is 11.6. The topological polar surface area (TPSA) is 30.2 Å². The van der Waals surface area contributed by atoms with Crippen LogP contribution in [0.3, 0.4) is 0 Å². The molecule has 0 N–H and O–H groups in total. The second-order valence-electron chi connectivity index (χ2n) is 4.54. The summed E-state index contributed by atoms with van der Waals surface area (Å²) in [6.45, 7) is 7.85. The highest BCUT2D eigenvalue weighted by atomic mass is 16.3. The van der Waals surface area contributed by atoms with E-state index >= 15 is 0 Å². The van der Waals surface area contributed by atoms with Crippen molar-refractivity contribution in [2.45, 2.75) is 27.7 Å². The molecule has 1 aromatic carbocycles. The first-order chi connectivity index (χ1) is 8.00. The number of carbonyl (C=O) groups excluding carboxylic acids is 1. The van der Waals surface area contributed by atoms with Gasteiger partial charge in [-0.1, -0.05) is 17.7 Å². The molecule has 0 radical (unpaired) electrons. The van der Waals surface area contributed by atoms with Crippen LogP contribution in [0.5, 0.6) is 0 Å². The van der Waals surface area contributed by atoms with E-state index < -0.39 is 0 Å². The molecule has 0 saturated carbocycles. The van der Waals surface area contributed by atoms with Crippen molar-refractivity contribution >= 4 is 5.78 Å². The van der Waals surface area contributed by atoms with E-state index in [4.69, 9.17) is 4.42 Å². The number of rotatable bonds is 2. The van der Waals surface area contributed by atoms with Crippen molar-refractivity contribution in [3.8, 4) is 0 Å². The lowest BCUT2D eigenvalue weighted by Crippen LogP contribution is -2.07. The number of hydrogen-bond donors (Lipinski definition) is 0. The van der Waals surface area contributed by atoms with Gasteiger partial charge in [0.05, 0.1) is 6.26 Å². The molecule has 0 aliphatic heterocycles. The van der Waals surface area contributed by atoms with Crippen molar-refractivity contribution in [1.82, 2.24) is 0 Å². The second kappa shape index (κ2) is 4.21. The fraction of sp³-hybridized carbons (Fsp3) is 0.267. The zero-order chi connectivity index (χ0) is 12.6. The van der Waals surface area contributed by atoms with E-state index in [-0.39, 0.29) is 5.78 Å². The molecule has 0 unspecified atom stereocenters. The molecule has 0 fully saturated rings. The van der Waals surface area contributed by atoms with Crippen LogP contribution in [0.4, 0.5) is 0 Å². The minimum absolute atomic E-state index is 0.0255. The summed E-state index contributed by atoms with van der Waals surface area (Å²) in [7, 11) is 0. The number of aryl methyl sites for hydroxylation is 4. The van der Waals surface area contributed by atoms with Gasteiger partial charge >= 0.3 is 0 Å². The van der Waals surface area contributed by atoms with Crippen molar-refractivity contribution in [1.29, 1.82) is 0 Å². The van der Waals surface area contributed by atoms with E-state index in [1.807, 2.05) is 45.9 Å². The van der Waals surface area contributed by atoms with E-state index in [9.17, 15) is 4.79 Å². The molecular weight excluding hydrogens is 212 g/mol. The molecule has 0 aliphatic carbocycles. The molecule has 0 bridgehead atoms. The summed E-state index contributed by atoms with van der Waals surface area (Å²) < 4.78 is 5.27. The van der Waals surface area contributed by atoms with Gasteiger partial charge in [0.15, 0.2) is 5.76 Å². The Hall–Kier alpha value is -1.83. The third kappa shape index (κ3) is 2.03. The predicted octanol–water partition coefficient (Wildman–Crippen LogP) is 3.74. The Morgan fingerprint density at radius 1 is 1.00 bits per heavy atom. The molecule has 2 aromatic rings. The predicted molar refractivity (Wildman–Crippen MR) is 67.5 cm³/mol. The number of ketones is 1. The lowest BCUT2D eigenvalue weighted by atomic mass is 9.95. The summed E-state index contributed by atoms with van der Waals surface area (Å²) in [6.07, 6.45) is 1.56. The van der Waals surface area contributed by atoms with Crippen LogP contribution in [0.25, 0.3) is 0 Å². The van der Waals surface area contributed by atoms with E-state index in [2.05, 4.69) is 0 Å². The van der Waals surface area contributed by atoms with Gasteiger partial charge in [-0.2, -0.15) is 0 Å². The minimum Gasteiger partial charge on any atom is -0.461 e. The van der Waals surface area contributed by atoms with Crippen molar-refractivity contribution in [3.05, 3.63) is 58.0 Å². The number of furan rings is 1. The van der Waals surface area contributed by atoms with Crippen molar-refractivity contribution in [2.75, 3.05) is 0 Å². The maximum Gasteiger partial charge on any atom is 0.228 e. The SMILES string of the molecule is Cc1cc(C)c(C(=O)c2occc2C)c(C)c1. The monoisotopic (exact) mass is 228 g/mol. The third-order valence-electron chi connectivity index (χ3n) is 2.97. The molecule has 0 atom stereocenters. The summed E-state index contributed by atoms with van der Waals surface area (Å²) in [5.74, 6) is 0.419. The Morgan fingerprint density at radius 2 is 1.59 bits per heavy atom. The number of hydrogen-bond acceptors (Lipinski definition) is 2. The molecule has 2 nitrogen and oxygen atoms in total. The molecule has 88 valence electrons. The highest BCUT2D eigenvalue weighted by molar-refractivity contribution is 6.09. The van der Waals surface area contributed by atoms with Gasteiger partial charge in [-0.3, -0.25) is 4.79 Å². The van der Waals surface area contributed by atoms with Gasteiger partial charge in [0.1, 0.15) is 0 Å². The quantitative estimate of drug-likeness (QED) is 0.733. The fourth-order valence-corrected chi connectivity index (χ4v) is 2.26. The van der Waals surface area contributed by atoms with Gasteiger partial charge in [0, 0.05) is 5.56 Å². The summed E-state index contributed by atoms with van der Waals surface area (Å²) in [5.41, 5.74) is 4.82. The Bertz CT molecular complexity index is 553. The molecule has 0 saturated heterocycles. The zero-order valence-electron chi connectivity index (χ0n) is 10.6. The minimum atomic E-state index is -0.0255. The molecule has 0 amide bonds. The van der Waals surface area contributed by atoms with E-state index in [1.165, 1.54) is 5.56 Å². The Labute approximate surface area is 101 Å². The van der Waals surface area contributed by atoms with Crippen LogP contribution in [-0.4, -0.2) is 5.78 Å². The first-order valence-corrected chi connectivity index (χ1v) is 5.67. The molecule has 0 spiro atoms. The van der Waals surface area contributed by atoms with E-state index in [0.717, 1.165) is 22.3 Å². The standard InChI is InChI=1S/C15H16O2/c1-9-7-11(3)13(12(4)8-9)14(16)15-10(2)5-6-17-15/h5-8H,1-4H3. The largest absolute Gasteiger partial charge is 0.461 e. The van der Waals surface area contributed by atoms with E-state index in [0.29, 0.717) is 5.76 Å². The van der Waals surface area contributed by atoms with Crippen molar-refractivity contribution in [3.63, 3.8) is 0 Å². The maximum absolute atomic E-state index is 12.4. The smallest absolute Gasteiger partial charge is 0.228 e.